The lowest BCUT2D eigenvalue weighted by Gasteiger charge is -2.23. The Morgan fingerprint density at radius 3 is 2.20 bits per heavy atom. The summed E-state index contributed by atoms with van der Waals surface area (Å²) in [5.41, 5.74) is 13.6. The van der Waals surface area contributed by atoms with Crippen LogP contribution in [0.2, 0.25) is 0 Å². The number of nitrogen functional groups attached to an aromatic ring is 1. The summed E-state index contributed by atoms with van der Waals surface area (Å²) in [4.78, 5) is 13.7. The third kappa shape index (κ3) is 3.51. The van der Waals surface area contributed by atoms with E-state index in [1.54, 1.807) is 12.1 Å². The molecule has 0 bridgehead atoms. The summed E-state index contributed by atoms with van der Waals surface area (Å²) in [5.74, 6) is 1.36. The van der Waals surface area contributed by atoms with Crippen molar-refractivity contribution >= 4 is 11.6 Å². The number of carbonyl (C=O) groups is 1. The van der Waals surface area contributed by atoms with Crippen molar-refractivity contribution in [2.24, 2.45) is 17.6 Å². The van der Waals surface area contributed by atoms with Crippen LogP contribution in [0.4, 0.5) is 5.69 Å². The van der Waals surface area contributed by atoms with Gasteiger partial charge in [-0.25, -0.2) is 0 Å². The lowest BCUT2D eigenvalue weighted by Crippen LogP contribution is -2.28. The van der Waals surface area contributed by atoms with Crippen LogP contribution in [0.25, 0.3) is 0 Å². The molecule has 2 aliphatic carbocycles. The van der Waals surface area contributed by atoms with E-state index in [-0.39, 0.29) is 0 Å². The average Bonchev–Trinajstić information content (AvgIpc) is 3.27. The highest BCUT2D eigenvalue weighted by Gasteiger charge is 2.29. The van der Waals surface area contributed by atoms with Gasteiger partial charge in [-0.2, -0.15) is 0 Å². The first-order valence-corrected chi connectivity index (χ1v) is 7.52. The van der Waals surface area contributed by atoms with Crippen molar-refractivity contribution in [1.82, 2.24) is 4.90 Å². The van der Waals surface area contributed by atoms with E-state index in [0.717, 1.165) is 23.9 Å². The Bertz CT molecular complexity index is 492. The van der Waals surface area contributed by atoms with Crippen LogP contribution in [0.5, 0.6) is 0 Å². The molecule has 0 aliphatic heterocycles. The zero-order chi connectivity index (χ0) is 14.1. The van der Waals surface area contributed by atoms with E-state index in [1.165, 1.54) is 38.8 Å². The molecule has 0 spiro atoms. The van der Waals surface area contributed by atoms with Crippen LogP contribution in [0.1, 0.15) is 41.6 Å². The fraction of sp³-hybridized carbons (Fsp3) is 0.562. The molecule has 0 aromatic heterocycles. The average molecular weight is 273 g/mol. The third-order valence-electron chi connectivity index (χ3n) is 4.25. The predicted octanol–water partition coefficient (Wildman–Crippen LogP) is 1.99. The van der Waals surface area contributed by atoms with Crippen LogP contribution >= 0.6 is 0 Å². The lowest BCUT2D eigenvalue weighted by molar-refractivity contribution is 0.100. The number of rotatable bonds is 7. The maximum atomic E-state index is 11.2. The molecule has 1 aromatic rings. The standard InChI is InChI=1S/C16H23N3O/c17-15-7-13(16(18)20)5-6-14(15)10-19(8-11-1-2-11)9-12-3-4-12/h5-7,11-12H,1-4,8-10,17H2,(H2,18,20). The summed E-state index contributed by atoms with van der Waals surface area (Å²) in [7, 11) is 0. The van der Waals surface area contributed by atoms with Crippen molar-refractivity contribution in [2.75, 3.05) is 18.8 Å². The zero-order valence-corrected chi connectivity index (χ0v) is 11.8. The minimum Gasteiger partial charge on any atom is -0.398 e. The number of amides is 1. The minimum atomic E-state index is -0.420. The van der Waals surface area contributed by atoms with Crippen molar-refractivity contribution in [3.05, 3.63) is 29.3 Å². The molecule has 1 aromatic carbocycles. The fourth-order valence-electron chi connectivity index (χ4n) is 2.67. The second-order valence-corrected chi connectivity index (χ2v) is 6.36. The zero-order valence-electron chi connectivity index (χ0n) is 11.8. The third-order valence-corrected chi connectivity index (χ3v) is 4.25. The summed E-state index contributed by atoms with van der Waals surface area (Å²) < 4.78 is 0. The van der Waals surface area contributed by atoms with E-state index < -0.39 is 5.91 Å². The number of hydrogen-bond acceptors (Lipinski definition) is 3. The molecule has 3 rings (SSSR count). The van der Waals surface area contributed by atoms with Gasteiger partial charge >= 0.3 is 0 Å². The van der Waals surface area contributed by atoms with Crippen molar-refractivity contribution in [2.45, 2.75) is 32.2 Å². The van der Waals surface area contributed by atoms with Gasteiger partial charge in [0.05, 0.1) is 0 Å². The number of hydrogen-bond donors (Lipinski definition) is 2. The second-order valence-electron chi connectivity index (χ2n) is 6.36. The number of primary amides is 1. The summed E-state index contributed by atoms with van der Waals surface area (Å²) in [6, 6.07) is 5.42. The maximum absolute atomic E-state index is 11.2. The van der Waals surface area contributed by atoms with Crippen molar-refractivity contribution in [3.8, 4) is 0 Å². The molecular weight excluding hydrogens is 250 g/mol. The highest BCUT2D eigenvalue weighted by atomic mass is 16.1. The molecule has 2 fully saturated rings. The first kappa shape index (κ1) is 13.4. The Hall–Kier alpha value is -1.55. The van der Waals surface area contributed by atoms with Gasteiger partial charge in [-0.1, -0.05) is 6.07 Å². The van der Waals surface area contributed by atoms with Crippen LogP contribution in [-0.2, 0) is 6.54 Å². The second kappa shape index (κ2) is 5.44. The molecule has 20 heavy (non-hydrogen) atoms. The van der Waals surface area contributed by atoms with E-state index >= 15 is 0 Å². The van der Waals surface area contributed by atoms with E-state index in [0.29, 0.717) is 11.3 Å². The van der Waals surface area contributed by atoms with Crippen molar-refractivity contribution < 1.29 is 4.79 Å². The molecule has 2 saturated carbocycles. The summed E-state index contributed by atoms with van der Waals surface area (Å²) in [6.45, 7) is 3.26. The number of anilines is 1. The summed E-state index contributed by atoms with van der Waals surface area (Å²) in [6.07, 6.45) is 5.49. The van der Waals surface area contributed by atoms with Gasteiger partial charge in [0, 0.05) is 30.9 Å². The Labute approximate surface area is 120 Å². The first-order valence-electron chi connectivity index (χ1n) is 7.52. The SMILES string of the molecule is NC(=O)c1ccc(CN(CC2CC2)CC2CC2)c(N)c1. The van der Waals surface area contributed by atoms with Crippen LogP contribution in [-0.4, -0.2) is 23.9 Å². The van der Waals surface area contributed by atoms with E-state index in [2.05, 4.69) is 4.90 Å². The highest BCUT2D eigenvalue weighted by Crippen LogP contribution is 2.34. The van der Waals surface area contributed by atoms with Gasteiger partial charge in [0.15, 0.2) is 0 Å². The predicted molar refractivity (Wildman–Crippen MR) is 80.1 cm³/mol. The van der Waals surface area contributed by atoms with Gasteiger partial charge in [0.25, 0.3) is 0 Å². The molecular formula is C16H23N3O. The van der Waals surface area contributed by atoms with Crippen LogP contribution in [0.3, 0.4) is 0 Å². The minimum absolute atomic E-state index is 0.420. The van der Waals surface area contributed by atoms with Crippen LogP contribution in [0.15, 0.2) is 18.2 Å². The monoisotopic (exact) mass is 273 g/mol. The van der Waals surface area contributed by atoms with Crippen molar-refractivity contribution in [1.29, 1.82) is 0 Å². The normalized spacial score (nSPS) is 18.4. The Morgan fingerprint density at radius 2 is 1.75 bits per heavy atom. The quantitative estimate of drug-likeness (QED) is 0.746. The Kier molecular flexibility index (Phi) is 3.66. The number of carbonyl (C=O) groups excluding carboxylic acids is 1. The van der Waals surface area contributed by atoms with Crippen molar-refractivity contribution in [3.63, 3.8) is 0 Å². The highest BCUT2D eigenvalue weighted by molar-refractivity contribution is 5.93. The van der Waals surface area contributed by atoms with Gasteiger partial charge in [0.2, 0.25) is 5.91 Å². The molecule has 0 atom stereocenters. The molecule has 2 aliphatic rings. The van der Waals surface area contributed by atoms with E-state index in [4.69, 9.17) is 11.5 Å². The number of nitrogens with two attached hydrogens (primary N) is 2. The van der Waals surface area contributed by atoms with Gasteiger partial charge in [-0.15, -0.1) is 0 Å². The topological polar surface area (TPSA) is 72.4 Å². The van der Waals surface area contributed by atoms with E-state index in [9.17, 15) is 4.79 Å². The van der Waals surface area contributed by atoms with Gasteiger partial charge in [-0.05, 0) is 55.2 Å². The maximum Gasteiger partial charge on any atom is 0.248 e. The molecule has 4 heteroatoms. The number of benzene rings is 1. The summed E-state index contributed by atoms with van der Waals surface area (Å²) in [5, 5.41) is 0. The van der Waals surface area contributed by atoms with Crippen LogP contribution in [0, 0.1) is 11.8 Å². The first-order chi connectivity index (χ1) is 9.61. The summed E-state index contributed by atoms with van der Waals surface area (Å²) >= 11 is 0. The van der Waals surface area contributed by atoms with Gasteiger partial charge < -0.3 is 11.5 Å². The largest absolute Gasteiger partial charge is 0.398 e. The molecule has 0 radical (unpaired) electrons. The molecule has 108 valence electrons. The molecule has 0 saturated heterocycles. The van der Waals surface area contributed by atoms with Crippen LogP contribution < -0.4 is 11.5 Å². The lowest BCUT2D eigenvalue weighted by atomic mass is 10.1. The molecule has 0 unspecified atom stereocenters. The molecule has 4 N–H and O–H groups in total. The number of nitrogens with zero attached hydrogens (tertiary/aromatic N) is 1. The molecule has 1 amide bonds. The fourth-order valence-corrected chi connectivity index (χ4v) is 2.67. The van der Waals surface area contributed by atoms with Gasteiger partial charge in [0.1, 0.15) is 0 Å². The smallest absolute Gasteiger partial charge is 0.248 e. The Balaban J connectivity index is 1.67. The molecule has 0 heterocycles. The molecule has 4 nitrogen and oxygen atoms in total. The Morgan fingerprint density at radius 1 is 1.15 bits per heavy atom. The van der Waals surface area contributed by atoms with Gasteiger partial charge in [-0.3, -0.25) is 9.69 Å². The van der Waals surface area contributed by atoms with E-state index in [1.807, 2.05) is 6.07 Å².